The van der Waals surface area contributed by atoms with Gasteiger partial charge in [-0.3, -0.25) is 0 Å². The number of rotatable bonds is 3. The van der Waals surface area contributed by atoms with Crippen LogP contribution in [-0.2, 0) is 7.05 Å². The number of nitrogens with zero attached hydrogens (tertiary/aromatic N) is 1. The minimum absolute atomic E-state index is 0.444. The fourth-order valence-corrected chi connectivity index (χ4v) is 4.54. The fraction of sp³-hybridized carbons (Fsp3) is 0.276. The van der Waals surface area contributed by atoms with Crippen LogP contribution < -0.4 is 4.57 Å². The first-order valence-corrected chi connectivity index (χ1v) is 10.8. The van der Waals surface area contributed by atoms with E-state index in [2.05, 4.69) is 101 Å². The van der Waals surface area contributed by atoms with Crippen LogP contribution in [0, 0.1) is 27.7 Å². The van der Waals surface area contributed by atoms with Gasteiger partial charge in [0.15, 0.2) is 5.69 Å². The number of fused-ring (bicyclic) bond motifs is 1. The van der Waals surface area contributed by atoms with E-state index in [1.54, 1.807) is 0 Å². The van der Waals surface area contributed by atoms with Crippen molar-refractivity contribution in [1.82, 2.24) is 0 Å². The lowest BCUT2D eigenvalue weighted by Gasteiger charge is -2.15. The standard InChI is InChI=1S/C29H32N/c1-18(2)23-11-14-27-25(17-23)16-22(6)30(7)29(27)26-13-12-24(15-21(26)5)28-19(3)9-8-10-20(28)4/h8-18H,1-7H3/q+1/i16D. The van der Waals surface area contributed by atoms with Gasteiger partial charge in [-0.2, -0.15) is 4.57 Å². The van der Waals surface area contributed by atoms with Gasteiger partial charge in [0.05, 0.1) is 6.76 Å². The van der Waals surface area contributed by atoms with Gasteiger partial charge in [0.25, 0.3) is 0 Å². The van der Waals surface area contributed by atoms with Crippen LogP contribution in [0.2, 0.25) is 0 Å². The van der Waals surface area contributed by atoms with Gasteiger partial charge in [0.1, 0.15) is 7.05 Å². The molecule has 0 unspecified atom stereocenters. The lowest BCUT2D eigenvalue weighted by Crippen LogP contribution is -2.35. The van der Waals surface area contributed by atoms with Crippen molar-refractivity contribution < 1.29 is 5.94 Å². The highest BCUT2D eigenvalue weighted by atomic mass is 14.9. The van der Waals surface area contributed by atoms with Gasteiger partial charge >= 0.3 is 0 Å². The molecule has 0 saturated heterocycles. The number of aryl methyl sites for hydroxylation is 3. The Morgan fingerprint density at radius 2 is 1.53 bits per heavy atom. The van der Waals surface area contributed by atoms with E-state index in [-0.39, 0.29) is 0 Å². The molecule has 1 heteroatoms. The van der Waals surface area contributed by atoms with E-state index >= 15 is 0 Å². The summed E-state index contributed by atoms with van der Waals surface area (Å²) in [6, 6.07) is 20.5. The molecule has 4 rings (SSSR count). The van der Waals surface area contributed by atoms with E-state index in [0.717, 1.165) is 16.5 Å². The van der Waals surface area contributed by atoms with Crippen LogP contribution in [-0.4, -0.2) is 0 Å². The van der Waals surface area contributed by atoms with Crippen molar-refractivity contribution in [2.24, 2.45) is 7.05 Å². The van der Waals surface area contributed by atoms with Crippen molar-refractivity contribution in [3.8, 4) is 22.4 Å². The van der Waals surface area contributed by atoms with Crippen molar-refractivity contribution in [3.05, 3.63) is 88.6 Å². The first-order valence-electron chi connectivity index (χ1n) is 11.3. The number of hydrogen-bond acceptors (Lipinski definition) is 0. The second-order valence-electron chi connectivity index (χ2n) is 8.87. The average Bonchev–Trinajstić information content (AvgIpc) is 2.73. The maximum atomic E-state index is 8.75. The Morgan fingerprint density at radius 1 is 0.833 bits per heavy atom. The highest BCUT2D eigenvalue weighted by molar-refractivity contribution is 5.94. The summed E-state index contributed by atoms with van der Waals surface area (Å²) in [5.74, 6) is 0.444. The van der Waals surface area contributed by atoms with E-state index < -0.39 is 0 Å². The zero-order chi connectivity index (χ0) is 22.4. The van der Waals surface area contributed by atoms with Gasteiger partial charge in [0.2, 0.25) is 5.69 Å². The summed E-state index contributed by atoms with van der Waals surface area (Å²) in [5, 5.41) is 2.18. The van der Waals surface area contributed by atoms with Gasteiger partial charge in [-0.25, -0.2) is 0 Å². The number of pyridine rings is 1. The quantitative estimate of drug-likeness (QED) is 0.319. The van der Waals surface area contributed by atoms with Gasteiger partial charge in [0, 0.05) is 18.5 Å². The number of aromatic nitrogens is 1. The molecular formula is C29H32N+. The molecule has 0 spiro atoms. The third-order valence-corrected chi connectivity index (χ3v) is 6.37. The van der Waals surface area contributed by atoms with Crippen LogP contribution >= 0.6 is 0 Å². The Kier molecular flexibility index (Phi) is 4.90. The molecule has 1 nitrogen and oxygen atoms in total. The van der Waals surface area contributed by atoms with E-state index in [9.17, 15) is 0 Å². The highest BCUT2D eigenvalue weighted by Gasteiger charge is 2.20. The number of benzene rings is 3. The summed E-state index contributed by atoms with van der Waals surface area (Å²) in [6.45, 7) is 13.0. The van der Waals surface area contributed by atoms with Gasteiger partial charge < -0.3 is 0 Å². The second-order valence-corrected chi connectivity index (χ2v) is 8.87. The molecule has 4 aromatic rings. The van der Waals surface area contributed by atoms with E-state index in [1.165, 1.54) is 44.6 Å². The third-order valence-electron chi connectivity index (χ3n) is 6.37. The summed E-state index contributed by atoms with van der Waals surface area (Å²) in [7, 11) is 2.08. The van der Waals surface area contributed by atoms with Crippen LogP contribution in [0.3, 0.4) is 0 Å². The Bertz CT molecular complexity index is 1290. The topological polar surface area (TPSA) is 3.88 Å². The average molecular weight is 396 g/mol. The molecule has 0 atom stereocenters. The molecule has 30 heavy (non-hydrogen) atoms. The summed E-state index contributed by atoms with van der Waals surface area (Å²) in [6.07, 6.45) is 0. The van der Waals surface area contributed by atoms with Crippen LogP contribution in [0.1, 0.15) is 49.1 Å². The molecular weight excluding hydrogens is 362 g/mol. The Balaban J connectivity index is 1.97. The molecule has 0 radical (unpaired) electrons. The summed E-state index contributed by atoms with van der Waals surface area (Å²) in [5.41, 5.74) is 11.1. The Hall–Kier alpha value is -2.93. The van der Waals surface area contributed by atoms with Gasteiger partial charge in [-0.15, -0.1) is 0 Å². The summed E-state index contributed by atoms with van der Waals surface area (Å²) >= 11 is 0. The smallest absolute Gasteiger partial charge is 0.198 e. The predicted octanol–water partition coefficient (Wildman–Crippen LogP) is 7.36. The molecule has 0 N–H and O–H groups in total. The normalized spacial score (nSPS) is 11.9. The van der Waals surface area contributed by atoms with Crippen molar-refractivity contribution in [2.75, 3.05) is 0 Å². The highest BCUT2D eigenvalue weighted by Crippen LogP contribution is 2.34. The molecule has 3 aromatic carbocycles. The van der Waals surface area contributed by atoms with E-state index in [4.69, 9.17) is 1.37 Å². The monoisotopic (exact) mass is 395 g/mol. The van der Waals surface area contributed by atoms with Crippen molar-refractivity contribution in [2.45, 2.75) is 47.5 Å². The maximum absolute atomic E-state index is 8.75. The van der Waals surface area contributed by atoms with Gasteiger partial charge in [-0.1, -0.05) is 56.3 Å². The first-order chi connectivity index (χ1) is 14.7. The van der Waals surface area contributed by atoms with E-state index in [0.29, 0.717) is 12.0 Å². The molecule has 1 aromatic heterocycles. The lowest BCUT2D eigenvalue weighted by molar-refractivity contribution is -0.665. The molecule has 1 heterocycles. The Morgan fingerprint density at radius 3 is 2.17 bits per heavy atom. The molecule has 152 valence electrons. The largest absolute Gasteiger partial charge is 0.220 e. The zero-order valence-corrected chi connectivity index (χ0v) is 19.2. The summed E-state index contributed by atoms with van der Waals surface area (Å²) in [4.78, 5) is 0. The van der Waals surface area contributed by atoms with E-state index in [1.807, 2.05) is 6.92 Å². The van der Waals surface area contributed by atoms with Crippen LogP contribution in [0.25, 0.3) is 33.2 Å². The minimum atomic E-state index is 0.444. The molecule has 0 fully saturated rings. The lowest BCUT2D eigenvalue weighted by atomic mass is 9.91. The zero-order valence-electron chi connectivity index (χ0n) is 20.2. The minimum Gasteiger partial charge on any atom is -0.198 e. The molecule has 0 bridgehead atoms. The third kappa shape index (κ3) is 3.43. The predicted molar refractivity (Wildman–Crippen MR) is 129 cm³/mol. The van der Waals surface area contributed by atoms with Crippen molar-refractivity contribution in [3.63, 3.8) is 0 Å². The van der Waals surface area contributed by atoms with Crippen LogP contribution in [0.4, 0.5) is 0 Å². The first kappa shape index (κ1) is 19.1. The van der Waals surface area contributed by atoms with Crippen molar-refractivity contribution in [1.29, 1.82) is 0 Å². The molecule has 0 saturated carbocycles. The van der Waals surface area contributed by atoms with Crippen LogP contribution in [0.15, 0.2) is 60.6 Å². The summed E-state index contributed by atoms with van der Waals surface area (Å²) < 4.78 is 10.9. The SMILES string of the molecule is [2H]c1c(C)[n+](C)c(-c2ccc(-c3c(C)cccc3C)cc2C)c2ccc(C(C)C)cc12. The van der Waals surface area contributed by atoms with Gasteiger partial charge in [-0.05, 0) is 77.6 Å². The van der Waals surface area contributed by atoms with Crippen molar-refractivity contribution >= 4 is 10.8 Å². The van der Waals surface area contributed by atoms with Crippen LogP contribution in [0.5, 0.6) is 0 Å². The molecule has 0 aliphatic heterocycles. The molecule has 0 aliphatic carbocycles. The number of hydrogen-bond donors (Lipinski definition) is 0. The maximum Gasteiger partial charge on any atom is 0.220 e. The fourth-order valence-electron chi connectivity index (χ4n) is 4.54. The molecule has 0 amide bonds. The second kappa shape index (κ2) is 7.72. The Labute approximate surface area is 182 Å². The molecule has 0 aliphatic rings.